The number of nitrogens with zero attached hydrogens (tertiary/aromatic N) is 2. The van der Waals surface area contributed by atoms with Gasteiger partial charge in [-0.25, -0.2) is 9.97 Å². The van der Waals surface area contributed by atoms with Crippen LogP contribution in [0.4, 0.5) is 5.95 Å². The molecule has 0 amide bonds. The fraction of sp³-hybridized carbons (Fsp3) is 0.250. The van der Waals surface area contributed by atoms with Crippen molar-refractivity contribution in [3.8, 4) is 0 Å². The number of nitrogen functional groups attached to an aromatic ring is 1. The van der Waals surface area contributed by atoms with Gasteiger partial charge >= 0.3 is 0 Å². The van der Waals surface area contributed by atoms with Crippen molar-refractivity contribution in [2.45, 2.75) is 13.8 Å². The highest BCUT2D eigenvalue weighted by Crippen LogP contribution is 2.07. The quantitative estimate of drug-likeness (QED) is 0.666. The van der Waals surface area contributed by atoms with E-state index in [2.05, 4.69) is 9.97 Å². The molecule has 0 atom stereocenters. The third-order valence-corrected chi connectivity index (χ3v) is 1.52. The Balaban J connectivity index is 3.35. The molecule has 5 nitrogen and oxygen atoms in total. The average Bonchev–Trinajstić information content (AvgIpc) is 2.03. The van der Waals surface area contributed by atoms with Crippen LogP contribution in [0.15, 0.2) is 6.20 Å². The summed E-state index contributed by atoms with van der Waals surface area (Å²) in [7, 11) is 0. The normalized spacial score (nSPS) is 9.69. The minimum Gasteiger partial charge on any atom is -0.368 e. The van der Waals surface area contributed by atoms with E-state index in [-0.39, 0.29) is 28.8 Å². The molecule has 0 radical (unpaired) electrons. The molecule has 0 bridgehead atoms. The Hall–Kier alpha value is -1.78. The van der Waals surface area contributed by atoms with Gasteiger partial charge in [0, 0.05) is 13.1 Å². The second-order valence-electron chi connectivity index (χ2n) is 2.60. The summed E-state index contributed by atoms with van der Waals surface area (Å²) in [6.07, 6.45) is 1.27. The van der Waals surface area contributed by atoms with Crippen LogP contribution in [-0.2, 0) is 0 Å². The lowest BCUT2D eigenvalue weighted by Gasteiger charge is -2.01. The number of carbonyl (C=O) groups excluding carboxylic acids is 2. The van der Waals surface area contributed by atoms with Crippen LogP contribution in [0.3, 0.4) is 0 Å². The third-order valence-electron chi connectivity index (χ3n) is 1.52. The minimum absolute atomic E-state index is 0.00444. The molecular formula is C8H9N3O2. The van der Waals surface area contributed by atoms with Crippen LogP contribution >= 0.6 is 0 Å². The second kappa shape index (κ2) is 3.30. The lowest BCUT2D eigenvalue weighted by molar-refractivity contribution is 0.0976. The SMILES string of the molecule is CC(=O)c1cnc(N)nc1C(C)=O. The summed E-state index contributed by atoms with van der Waals surface area (Å²) < 4.78 is 0. The zero-order chi connectivity index (χ0) is 10.0. The number of aromatic nitrogens is 2. The smallest absolute Gasteiger partial charge is 0.220 e. The molecular weight excluding hydrogens is 170 g/mol. The number of rotatable bonds is 2. The Labute approximate surface area is 75.0 Å². The molecule has 5 heteroatoms. The standard InChI is InChI=1S/C8H9N3O2/c1-4(12)6-3-10-8(9)11-7(6)5(2)13/h3H,1-2H3,(H2,9,10,11). The second-order valence-corrected chi connectivity index (χ2v) is 2.60. The van der Waals surface area contributed by atoms with E-state index in [9.17, 15) is 9.59 Å². The summed E-state index contributed by atoms with van der Waals surface area (Å²) >= 11 is 0. The molecule has 1 heterocycles. The summed E-state index contributed by atoms with van der Waals surface area (Å²) in [6, 6.07) is 0. The van der Waals surface area contributed by atoms with Gasteiger partial charge < -0.3 is 5.73 Å². The van der Waals surface area contributed by atoms with Crippen LogP contribution < -0.4 is 5.73 Å². The van der Waals surface area contributed by atoms with E-state index in [1.54, 1.807) is 0 Å². The van der Waals surface area contributed by atoms with Crippen LogP contribution in [0.2, 0.25) is 0 Å². The average molecular weight is 179 g/mol. The molecule has 0 fully saturated rings. The van der Waals surface area contributed by atoms with Gasteiger partial charge in [0.25, 0.3) is 0 Å². The molecule has 2 N–H and O–H groups in total. The Morgan fingerprint density at radius 2 is 1.92 bits per heavy atom. The maximum Gasteiger partial charge on any atom is 0.220 e. The molecule has 1 aromatic rings. The van der Waals surface area contributed by atoms with Gasteiger partial charge in [0.1, 0.15) is 5.69 Å². The molecule has 13 heavy (non-hydrogen) atoms. The van der Waals surface area contributed by atoms with Crippen LogP contribution in [0.25, 0.3) is 0 Å². The van der Waals surface area contributed by atoms with E-state index in [0.717, 1.165) is 0 Å². The zero-order valence-electron chi connectivity index (χ0n) is 7.37. The van der Waals surface area contributed by atoms with Crippen molar-refractivity contribution >= 4 is 17.5 Å². The first-order valence-corrected chi connectivity index (χ1v) is 3.66. The Kier molecular flexibility index (Phi) is 2.36. The fourth-order valence-electron chi connectivity index (χ4n) is 0.921. The highest BCUT2D eigenvalue weighted by molar-refractivity contribution is 6.05. The summed E-state index contributed by atoms with van der Waals surface area (Å²) in [5.74, 6) is -0.542. The molecule has 0 saturated heterocycles. The molecule has 0 saturated carbocycles. The molecule has 1 aromatic heterocycles. The first-order chi connectivity index (χ1) is 6.02. The summed E-state index contributed by atoms with van der Waals surface area (Å²) in [4.78, 5) is 29.4. The van der Waals surface area contributed by atoms with E-state index >= 15 is 0 Å². The number of carbonyl (C=O) groups is 2. The van der Waals surface area contributed by atoms with Gasteiger partial charge in [0.15, 0.2) is 11.6 Å². The highest BCUT2D eigenvalue weighted by Gasteiger charge is 2.13. The van der Waals surface area contributed by atoms with Crippen LogP contribution in [-0.4, -0.2) is 21.5 Å². The number of ketones is 2. The Morgan fingerprint density at radius 1 is 1.31 bits per heavy atom. The minimum atomic E-state index is -0.292. The van der Waals surface area contributed by atoms with Gasteiger partial charge in [-0.1, -0.05) is 0 Å². The maximum absolute atomic E-state index is 11.0. The maximum atomic E-state index is 11.0. The zero-order valence-corrected chi connectivity index (χ0v) is 7.37. The number of anilines is 1. The molecule has 0 unspecified atom stereocenters. The van der Waals surface area contributed by atoms with Crippen molar-refractivity contribution < 1.29 is 9.59 Å². The van der Waals surface area contributed by atoms with Crippen molar-refractivity contribution in [3.05, 3.63) is 17.5 Å². The van der Waals surface area contributed by atoms with Crippen molar-refractivity contribution in [1.82, 2.24) is 9.97 Å². The topological polar surface area (TPSA) is 85.9 Å². The van der Waals surface area contributed by atoms with E-state index in [0.29, 0.717) is 0 Å². The third kappa shape index (κ3) is 1.87. The first kappa shape index (κ1) is 9.31. The van der Waals surface area contributed by atoms with Gasteiger partial charge in [-0.05, 0) is 6.92 Å². The van der Waals surface area contributed by atoms with E-state index in [1.807, 2.05) is 0 Å². The first-order valence-electron chi connectivity index (χ1n) is 3.66. The molecule has 0 aromatic carbocycles. The Morgan fingerprint density at radius 3 is 2.38 bits per heavy atom. The summed E-state index contributed by atoms with van der Waals surface area (Å²) in [6.45, 7) is 2.68. The predicted molar refractivity (Wildman–Crippen MR) is 46.5 cm³/mol. The molecule has 0 aliphatic carbocycles. The number of hydrogen-bond donors (Lipinski definition) is 1. The monoisotopic (exact) mass is 179 g/mol. The van der Waals surface area contributed by atoms with Crippen LogP contribution in [0.5, 0.6) is 0 Å². The highest BCUT2D eigenvalue weighted by atomic mass is 16.1. The lowest BCUT2D eigenvalue weighted by Crippen LogP contribution is -2.10. The van der Waals surface area contributed by atoms with Gasteiger partial charge in [-0.15, -0.1) is 0 Å². The van der Waals surface area contributed by atoms with Gasteiger partial charge in [-0.2, -0.15) is 0 Å². The van der Waals surface area contributed by atoms with Crippen molar-refractivity contribution in [1.29, 1.82) is 0 Å². The molecule has 0 aliphatic heterocycles. The largest absolute Gasteiger partial charge is 0.368 e. The lowest BCUT2D eigenvalue weighted by atomic mass is 10.1. The van der Waals surface area contributed by atoms with Crippen LogP contribution in [0.1, 0.15) is 34.7 Å². The molecule has 0 aliphatic rings. The predicted octanol–water partition coefficient (Wildman–Crippen LogP) is 0.464. The van der Waals surface area contributed by atoms with Crippen molar-refractivity contribution in [3.63, 3.8) is 0 Å². The number of hydrogen-bond acceptors (Lipinski definition) is 5. The van der Waals surface area contributed by atoms with E-state index in [4.69, 9.17) is 5.73 Å². The fourth-order valence-corrected chi connectivity index (χ4v) is 0.921. The summed E-state index contributed by atoms with van der Waals surface area (Å²) in [5.41, 5.74) is 5.57. The van der Waals surface area contributed by atoms with Crippen molar-refractivity contribution in [2.75, 3.05) is 5.73 Å². The number of Topliss-reactive ketones (excluding diaryl/α,β-unsaturated/α-hetero) is 2. The van der Waals surface area contributed by atoms with E-state index in [1.165, 1.54) is 20.0 Å². The molecule has 0 spiro atoms. The number of nitrogens with two attached hydrogens (primary N) is 1. The Bertz CT molecular complexity index is 374. The van der Waals surface area contributed by atoms with Gasteiger partial charge in [0.2, 0.25) is 5.95 Å². The molecule has 68 valence electrons. The van der Waals surface area contributed by atoms with Gasteiger partial charge in [0.05, 0.1) is 5.56 Å². The van der Waals surface area contributed by atoms with Gasteiger partial charge in [-0.3, -0.25) is 9.59 Å². The van der Waals surface area contributed by atoms with Crippen LogP contribution in [0, 0.1) is 0 Å². The van der Waals surface area contributed by atoms with Crippen molar-refractivity contribution in [2.24, 2.45) is 0 Å². The van der Waals surface area contributed by atoms with E-state index < -0.39 is 0 Å². The summed E-state index contributed by atoms with van der Waals surface area (Å²) in [5, 5.41) is 0. The molecule has 1 rings (SSSR count).